The van der Waals surface area contributed by atoms with E-state index < -0.39 is 21.9 Å². The first-order valence-corrected chi connectivity index (χ1v) is 10.0. The number of amides is 1. The quantitative estimate of drug-likeness (QED) is 0.732. The highest BCUT2D eigenvalue weighted by Gasteiger charge is 2.22. The summed E-state index contributed by atoms with van der Waals surface area (Å²) in [6.45, 7) is 1.64. The van der Waals surface area contributed by atoms with Crippen molar-refractivity contribution in [3.05, 3.63) is 65.2 Å². The number of hydrogen-bond donors (Lipinski definition) is 1. The van der Waals surface area contributed by atoms with Gasteiger partial charge >= 0.3 is 5.97 Å². The standard InChI is InChI=1S/C19H22N2O5S/c1-14-8-10-15(11-9-14)12-21(27(3,24)25)13-18(22)20-17-7-5-4-6-16(17)19(23)26-2/h4-11H,12-13H2,1-3H3,(H,20,22). The number of para-hydroxylation sites is 1. The predicted molar refractivity (Wildman–Crippen MR) is 103 cm³/mol. The van der Waals surface area contributed by atoms with E-state index in [1.54, 1.807) is 18.2 Å². The number of ether oxygens (including phenoxy) is 1. The van der Waals surface area contributed by atoms with Gasteiger partial charge in [0.2, 0.25) is 15.9 Å². The highest BCUT2D eigenvalue weighted by molar-refractivity contribution is 7.88. The van der Waals surface area contributed by atoms with Crippen molar-refractivity contribution in [1.29, 1.82) is 0 Å². The number of benzene rings is 2. The molecule has 0 saturated carbocycles. The largest absolute Gasteiger partial charge is 0.465 e. The molecule has 0 fully saturated rings. The van der Waals surface area contributed by atoms with Gasteiger partial charge in [0.1, 0.15) is 0 Å². The predicted octanol–water partition coefficient (Wildman–Crippen LogP) is 2.18. The molecule has 0 aliphatic heterocycles. The first kappa shape index (κ1) is 20.6. The zero-order chi connectivity index (χ0) is 20.0. The van der Waals surface area contributed by atoms with Crippen LogP contribution in [0.25, 0.3) is 0 Å². The van der Waals surface area contributed by atoms with Crippen LogP contribution in [0.4, 0.5) is 5.69 Å². The van der Waals surface area contributed by atoms with E-state index >= 15 is 0 Å². The van der Waals surface area contributed by atoms with Gasteiger partial charge in [-0.2, -0.15) is 4.31 Å². The molecule has 0 saturated heterocycles. The monoisotopic (exact) mass is 390 g/mol. The zero-order valence-corrected chi connectivity index (χ0v) is 16.2. The van der Waals surface area contributed by atoms with E-state index in [0.29, 0.717) is 0 Å². The molecule has 0 radical (unpaired) electrons. The van der Waals surface area contributed by atoms with Crippen LogP contribution in [0.3, 0.4) is 0 Å². The molecule has 1 N–H and O–H groups in total. The van der Waals surface area contributed by atoms with Crippen LogP contribution in [-0.4, -0.2) is 44.5 Å². The fourth-order valence-corrected chi connectivity index (χ4v) is 3.15. The Labute approximate surface area is 159 Å². The van der Waals surface area contributed by atoms with Crippen LogP contribution < -0.4 is 5.32 Å². The summed E-state index contributed by atoms with van der Waals surface area (Å²) < 4.78 is 29.9. The maximum absolute atomic E-state index is 12.4. The van der Waals surface area contributed by atoms with Crippen molar-refractivity contribution >= 4 is 27.6 Å². The average Bonchev–Trinajstić information content (AvgIpc) is 2.62. The van der Waals surface area contributed by atoms with Gasteiger partial charge in [-0.25, -0.2) is 13.2 Å². The van der Waals surface area contributed by atoms with Gasteiger partial charge in [-0.1, -0.05) is 42.0 Å². The highest BCUT2D eigenvalue weighted by Crippen LogP contribution is 2.17. The Morgan fingerprint density at radius 2 is 1.70 bits per heavy atom. The molecule has 2 rings (SSSR count). The summed E-state index contributed by atoms with van der Waals surface area (Å²) in [5.74, 6) is -1.14. The number of hydrogen-bond acceptors (Lipinski definition) is 5. The van der Waals surface area contributed by atoms with Gasteiger partial charge in [-0.3, -0.25) is 4.79 Å². The van der Waals surface area contributed by atoms with Crippen LogP contribution in [0.1, 0.15) is 21.5 Å². The summed E-state index contributed by atoms with van der Waals surface area (Å²) in [4.78, 5) is 24.2. The average molecular weight is 390 g/mol. The summed E-state index contributed by atoms with van der Waals surface area (Å²) in [6.07, 6.45) is 1.05. The molecule has 0 aliphatic rings. The summed E-state index contributed by atoms with van der Waals surface area (Å²) >= 11 is 0. The molecule has 0 bridgehead atoms. The molecule has 0 heterocycles. The molecular formula is C19H22N2O5S. The molecule has 144 valence electrons. The van der Waals surface area contributed by atoms with Crippen LogP contribution in [-0.2, 0) is 26.1 Å². The maximum Gasteiger partial charge on any atom is 0.339 e. The van der Waals surface area contributed by atoms with Crippen molar-refractivity contribution in [2.75, 3.05) is 25.2 Å². The van der Waals surface area contributed by atoms with Gasteiger partial charge in [0.15, 0.2) is 0 Å². The molecule has 7 nitrogen and oxygen atoms in total. The van der Waals surface area contributed by atoms with Crippen LogP contribution in [0, 0.1) is 6.92 Å². The van der Waals surface area contributed by atoms with Gasteiger partial charge in [-0.05, 0) is 24.6 Å². The lowest BCUT2D eigenvalue weighted by Crippen LogP contribution is -2.37. The molecule has 2 aromatic rings. The topological polar surface area (TPSA) is 92.8 Å². The van der Waals surface area contributed by atoms with E-state index in [2.05, 4.69) is 10.1 Å². The number of aryl methyl sites for hydroxylation is 1. The third-order valence-corrected chi connectivity index (χ3v) is 5.07. The van der Waals surface area contributed by atoms with E-state index in [-0.39, 0.29) is 24.3 Å². The Balaban J connectivity index is 2.15. The first-order chi connectivity index (χ1) is 12.7. The van der Waals surface area contributed by atoms with E-state index in [0.717, 1.165) is 21.7 Å². The summed E-state index contributed by atoms with van der Waals surface area (Å²) in [5.41, 5.74) is 2.28. The molecule has 1 amide bonds. The Morgan fingerprint density at radius 1 is 1.07 bits per heavy atom. The Hall–Kier alpha value is -2.71. The summed E-state index contributed by atoms with van der Waals surface area (Å²) in [5, 5.41) is 2.58. The van der Waals surface area contributed by atoms with Gasteiger partial charge in [0, 0.05) is 6.54 Å². The number of nitrogens with one attached hydrogen (secondary N) is 1. The van der Waals surface area contributed by atoms with Crippen molar-refractivity contribution in [2.45, 2.75) is 13.5 Å². The molecule has 0 aromatic heterocycles. The molecule has 0 spiro atoms. The number of anilines is 1. The van der Waals surface area contributed by atoms with E-state index in [1.165, 1.54) is 13.2 Å². The molecule has 0 atom stereocenters. The molecule has 0 unspecified atom stereocenters. The lowest BCUT2D eigenvalue weighted by Gasteiger charge is -2.20. The Kier molecular flexibility index (Phi) is 6.70. The van der Waals surface area contributed by atoms with Crippen molar-refractivity contribution in [2.24, 2.45) is 0 Å². The smallest absolute Gasteiger partial charge is 0.339 e. The second-order valence-corrected chi connectivity index (χ2v) is 8.08. The van der Waals surface area contributed by atoms with Gasteiger partial charge in [-0.15, -0.1) is 0 Å². The van der Waals surface area contributed by atoms with E-state index in [9.17, 15) is 18.0 Å². The van der Waals surface area contributed by atoms with Crippen molar-refractivity contribution in [1.82, 2.24) is 4.31 Å². The maximum atomic E-state index is 12.4. The van der Waals surface area contributed by atoms with Crippen molar-refractivity contribution in [3.8, 4) is 0 Å². The summed E-state index contributed by atoms with van der Waals surface area (Å²) in [6, 6.07) is 13.8. The first-order valence-electron chi connectivity index (χ1n) is 8.18. The minimum atomic E-state index is -3.61. The van der Waals surface area contributed by atoms with E-state index in [1.807, 2.05) is 31.2 Å². The number of methoxy groups -OCH3 is 1. The molecule has 8 heteroatoms. The van der Waals surface area contributed by atoms with Crippen molar-refractivity contribution in [3.63, 3.8) is 0 Å². The van der Waals surface area contributed by atoms with Gasteiger partial charge < -0.3 is 10.1 Å². The lowest BCUT2D eigenvalue weighted by molar-refractivity contribution is -0.116. The fourth-order valence-electron chi connectivity index (χ4n) is 2.42. The number of carbonyl (C=O) groups excluding carboxylic acids is 2. The minimum absolute atomic E-state index is 0.0746. The fraction of sp³-hybridized carbons (Fsp3) is 0.263. The second kappa shape index (κ2) is 8.79. The van der Waals surface area contributed by atoms with Crippen molar-refractivity contribution < 1.29 is 22.7 Å². The molecule has 2 aromatic carbocycles. The molecule has 27 heavy (non-hydrogen) atoms. The number of sulfonamides is 1. The molecular weight excluding hydrogens is 368 g/mol. The van der Waals surface area contributed by atoms with Crippen LogP contribution in [0.15, 0.2) is 48.5 Å². The van der Waals surface area contributed by atoms with Crippen LogP contribution >= 0.6 is 0 Å². The molecule has 0 aliphatic carbocycles. The second-order valence-electron chi connectivity index (χ2n) is 6.10. The number of nitrogens with zero attached hydrogens (tertiary/aromatic N) is 1. The lowest BCUT2D eigenvalue weighted by atomic mass is 10.1. The third-order valence-electron chi connectivity index (χ3n) is 3.87. The highest BCUT2D eigenvalue weighted by atomic mass is 32.2. The van der Waals surface area contributed by atoms with Gasteiger partial charge in [0.05, 0.1) is 31.2 Å². The number of rotatable bonds is 7. The van der Waals surface area contributed by atoms with Crippen LogP contribution in [0.5, 0.6) is 0 Å². The van der Waals surface area contributed by atoms with Crippen LogP contribution in [0.2, 0.25) is 0 Å². The third kappa shape index (κ3) is 5.90. The van der Waals surface area contributed by atoms with Gasteiger partial charge in [0.25, 0.3) is 0 Å². The Morgan fingerprint density at radius 3 is 2.30 bits per heavy atom. The Bertz CT molecular complexity index is 923. The van der Waals surface area contributed by atoms with E-state index in [4.69, 9.17) is 0 Å². The number of esters is 1. The SMILES string of the molecule is COC(=O)c1ccccc1NC(=O)CN(Cc1ccc(C)cc1)S(C)(=O)=O. The summed E-state index contributed by atoms with van der Waals surface area (Å²) in [7, 11) is -2.37. The minimum Gasteiger partial charge on any atom is -0.465 e. The normalized spacial score (nSPS) is 11.3. The zero-order valence-electron chi connectivity index (χ0n) is 15.4. The number of carbonyl (C=O) groups is 2.